The van der Waals surface area contributed by atoms with Gasteiger partial charge in [0.1, 0.15) is 24.8 Å². The molecular weight excluding hydrogens is 387 g/mol. The lowest BCUT2D eigenvalue weighted by atomic mass is 9.93. The Morgan fingerprint density at radius 3 is 2.77 bits per heavy atom. The second-order valence-corrected chi connectivity index (χ2v) is 6.94. The van der Waals surface area contributed by atoms with Gasteiger partial charge in [0.05, 0.1) is 7.11 Å². The molecule has 0 saturated carbocycles. The Kier molecular flexibility index (Phi) is 5.22. The van der Waals surface area contributed by atoms with E-state index in [-0.39, 0.29) is 18.2 Å². The number of nitrogens with one attached hydrogen (secondary N) is 1. The summed E-state index contributed by atoms with van der Waals surface area (Å²) >= 11 is 0. The largest absolute Gasteiger partial charge is 0.493 e. The molecule has 0 fully saturated rings. The van der Waals surface area contributed by atoms with E-state index in [1.54, 1.807) is 35.0 Å². The van der Waals surface area contributed by atoms with E-state index in [9.17, 15) is 9.18 Å². The van der Waals surface area contributed by atoms with Gasteiger partial charge >= 0.3 is 0 Å². The Labute approximate surface area is 173 Å². The van der Waals surface area contributed by atoms with E-state index < -0.39 is 6.04 Å². The Morgan fingerprint density at radius 1 is 1.23 bits per heavy atom. The van der Waals surface area contributed by atoms with Crippen LogP contribution in [0.5, 0.6) is 11.5 Å². The second kappa shape index (κ2) is 7.98. The fourth-order valence-corrected chi connectivity index (χ4v) is 3.60. The maximum atomic E-state index is 13.9. The Balaban J connectivity index is 1.69. The fraction of sp³-hybridized carbons (Fsp3) is 0.227. The van der Waals surface area contributed by atoms with Crippen LogP contribution in [-0.2, 0) is 11.4 Å². The predicted molar refractivity (Wildman–Crippen MR) is 109 cm³/mol. The van der Waals surface area contributed by atoms with Gasteiger partial charge in [0.25, 0.3) is 0 Å². The van der Waals surface area contributed by atoms with Crippen molar-refractivity contribution in [2.24, 2.45) is 0 Å². The number of carbonyl (C=O) groups excluding carboxylic acids is 1. The van der Waals surface area contributed by atoms with Crippen molar-refractivity contribution in [3.05, 3.63) is 77.0 Å². The van der Waals surface area contributed by atoms with Crippen molar-refractivity contribution < 1.29 is 18.7 Å². The van der Waals surface area contributed by atoms with Crippen LogP contribution in [0.1, 0.15) is 31.0 Å². The van der Waals surface area contributed by atoms with E-state index in [4.69, 9.17) is 9.47 Å². The van der Waals surface area contributed by atoms with Gasteiger partial charge in [-0.05, 0) is 37.6 Å². The highest BCUT2D eigenvalue weighted by Gasteiger charge is 2.32. The van der Waals surface area contributed by atoms with Gasteiger partial charge in [0, 0.05) is 16.8 Å². The Bertz CT molecular complexity index is 1140. The lowest BCUT2D eigenvalue weighted by Gasteiger charge is -2.28. The Hall–Kier alpha value is -3.68. The number of Topliss-reactive ketones (excluding diaryl/α,β-unsaturated/α-hetero) is 1. The fourth-order valence-electron chi connectivity index (χ4n) is 3.60. The molecule has 4 rings (SSSR count). The molecule has 1 N–H and O–H groups in total. The molecule has 154 valence electrons. The van der Waals surface area contributed by atoms with E-state index in [1.807, 2.05) is 13.0 Å². The zero-order chi connectivity index (χ0) is 21.3. The lowest BCUT2D eigenvalue weighted by Crippen LogP contribution is -2.27. The molecule has 2 heterocycles. The van der Waals surface area contributed by atoms with Crippen LogP contribution in [0, 0.1) is 5.82 Å². The van der Waals surface area contributed by atoms with Crippen molar-refractivity contribution >= 4 is 11.7 Å². The minimum absolute atomic E-state index is 0.0648. The third-order valence-electron chi connectivity index (χ3n) is 5.02. The first-order valence-electron chi connectivity index (χ1n) is 9.42. The first-order chi connectivity index (χ1) is 14.5. The SMILES string of the molecule is COc1cc(C2C(C(C)=O)=C(C)Nc3ncnn32)ccc1OCc1ccccc1F. The summed E-state index contributed by atoms with van der Waals surface area (Å²) in [4.78, 5) is 16.6. The molecule has 0 bridgehead atoms. The summed E-state index contributed by atoms with van der Waals surface area (Å²) in [5, 5.41) is 7.40. The van der Waals surface area contributed by atoms with Gasteiger partial charge in [-0.25, -0.2) is 9.07 Å². The molecule has 1 aliphatic rings. The molecule has 0 spiro atoms. The highest BCUT2D eigenvalue weighted by molar-refractivity contribution is 5.96. The molecular formula is C22H21FN4O3. The molecule has 0 saturated heterocycles. The number of rotatable bonds is 6. The van der Waals surface area contributed by atoms with Crippen LogP contribution in [0.25, 0.3) is 0 Å². The van der Waals surface area contributed by atoms with Crippen LogP contribution in [0.3, 0.4) is 0 Å². The molecule has 0 amide bonds. The average molecular weight is 408 g/mol. The number of hydrogen-bond acceptors (Lipinski definition) is 6. The quantitative estimate of drug-likeness (QED) is 0.667. The van der Waals surface area contributed by atoms with Crippen molar-refractivity contribution in [1.29, 1.82) is 0 Å². The van der Waals surface area contributed by atoms with Crippen molar-refractivity contribution in [2.45, 2.75) is 26.5 Å². The van der Waals surface area contributed by atoms with Crippen LogP contribution < -0.4 is 14.8 Å². The summed E-state index contributed by atoms with van der Waals surface area (Å²) in [6.07, 6.45) is 1.44. The molecule has 2 aromatic carbocycles. The first-order valence-corrected chi connectivity index (χ1v) is 9.42. The monoisotopic (exact) mass is 408 g/mol. The molecule has 3 aromatic rings. The number of halogens is 1. The van der Waals surface area contributed by atoms with Crippen LogP contribution in [0.2, 0.25) is 0 Å². The number of benzene rings is 2. The molecule has 8 heteroatoms. The highest BCUT2D eigenvalue weighted by atomic mass is 19.1. The standard InChI is InChI=1S/C22H21FN4O3/c1-13-20(14(2)28)21(27-22(26-13)24-12-25-27)15-8-9-18(19(10-15)29-3)30-11-16-6-4-5-7-17(16)23/h4-10,12,21H,11H2,1-3H3,(H,24,25,26). The zero-order valence-electron chi connectivity index (χ0n) is 16.8. The van der Waals surface area contributed by atoms with E-state index in [2.05, 4.69) is 15.4 Å². The van der Waals surface area contributed by atoms with Crippen molar-refractivity contribution in [1.82, 2.24) is 14.8 Å². The molecule has 0 radical (unpaired) electrons. The number of methoxy groups -OCH3 is 1. The van der Waals surface area contributed by atoms with Gasteiger partial charge in [-0.15, -0.1) is 0 Å². The number of fused-ring (bicyclic) bond motifs is 1. The minimum Gasteiger partial charge on any atom is -0.493 e. The number of hydrogen-bond donors (Lipinski definition) is 1. The summed E-state index contributed by atoms with van der Waals surface area (Å²) in [5.41, 5.74) is 2.57. The number of carbonyl (C=O) groups is 1. The molecule has 1 atom stereocenters. The maximum Gasteiger partial charge on any atom is 0.226 e. The molecule has 0 aliphatic carbocycles. The molecule has 7 nitrogen and oxygen atoms in total. The van der Waals surface area contributed by atoms with Crippen LogP contribution in [0.15, 0.2) is 60.1 Å². The van der Waals surface area contributed by atoms with Gasteiger partial charge in [-0.3, -0.25) is 4.79 Å². The van der Waals surface area contributed by atoms with Gasteiger partial charge in [-0.1, -0.05) is 24.3 Å². The number of ether oxygens (including phenoxy) is 2. The van der Waals surface area contributed by atoms with E-state index in [1.165, 1.54) is 26.4 Å². The van der Waals surface area contributed by atoms with Gasteiger partial charge in [0.15, 0.2) is 17.3 Å². The number of allylic oxidation sites excluding steroid dienone is 2. The summed E-state index contributed by atoms with van der Waals surface area (Å²) in [7, 11) is 1.53. The molecule has 30 heavy (non-hydrogen) atoms. The van der Waals surface area contributed by atoms with E-state index in [0.29, 0.717) is 28.6 Å². The van der Waals surface area contributed by atoms with Crippen molar-refractivity contribution in [2.75, 3.05) is 12.4 Å². The van der Waals surface area contributed by atoms with Crippen molar-refractivity contribution in [3.63, 3.8) is 0 Å². The third kappa shape index (κ3) is 3.52. The number of aromatic nitrogens is 3. The van der Waals surface area contributed by atoms with Gasteiger partial charge in [0.2, 0.25) is 5.95 Å². The van der Waals surface area contributed by atoms with Crippen LogP contribution in [0.4, 0.5) is 10.3 Å². The topological polar surface area (TPSA) is 78.3 Å². The average Bonchev–Trinajstić information content (AvgIpc) is 3.20. The Morgan fingerprint density at radius 2 is 2.03 bits per heavy atom. The summed E-state index contributed by atoms with van der Waals surface area (Å²) in [6.45, 7) is 3.43. The summed E-state index contributed by atoms with van der Waals surface area (Å²) in [5.74, 6) is 1.12. The molecule has 1 unspecified atom stereocenters. The van der Waals surface area contributed by atoms with E-state index in [0.717, 1.165) is 11.3 Å². The lowest BCUT2D eigenvalue weighted by molar-refractivity contribution is -0.114. The highest BCUT2D eigenvalue weighted by Crippen LogP contribution is 2.38. The predicted octanol–water partition coefficient (Wildman–Crippen LogP) is 3.88. The smallest absolute Gasteiger partial charge is 0.226 e. The maximum absolute atomic E-state index is 13.9. The first kappa shape index (κ1) is 19.6. The third-order valence-corrected chi connectivity index (χ3v) is 5.02. The zero-order valence-corrected chi connectivity index (χ0v) is 16.8. The van der Waals surface area contributed by atoms with Gasteiger partial charge in [-0.2, -0.15) is 10.1 Å². The van der Waals surface area contributed by atoms with Crippen LogP contribution in [-0.4, -0.2) is 27.7 Å². The van der Waals surface area contributed by atoms with Crippen molar-refractivity contribution in [3.8, 4) is 11.5 Å². The summed E-state index contributed by atoms with van der Waals surface area (Å²) < 4.78 is 26.8. The van der Waals surface area contributed by atoms with E-state index >= 15 is 0 Å². The van der Waals surface area contributed by atoms with Gasteiger partial charge < -0.3 is 14.8 Å². The second-order valence-electron chi connectivity index (χ2n) is 6.94. The summed E-state index contributed by atoms with van der Waals surface area (Å²) in [6, 6.07) is 11.4. The molecule has 1 aromatic heterocycles. The number of ketones is 1. The normalized spacial score (nSPS) is 15.4. The number of anilines is 1. The molecule has 1 aliphatic heterocycles. The minimum atomic E-state index is -0.448. The van der Waals surface area contributed by atoms with Crippen LogP contribution >= 0.6 is 0 Å². The number of nitrogens with zero attached hydrogens (tertiary/aromatic N) is 3.